The van der Waals surface area contributed by atoms with E-state index in [9.17, 15) is 0 Å². The molecule has 31 heavy (non-hydrogen) atoms. The summed E-state index contributed by atoms with van der Waals surface area (Å²) in [5, 5.41) is 20.2. The molecule has 3 heterocycles. The Bertz CT molecular complexity index is 853. The van der Waals surface area contributed by atoms with E-state index in [0.717, 1.165) is 43.5 Å². The van der Waals surface area contributed by atoms with Gasteiger partial charge in [-0.25, -0.2) is 4.99 Å². The lowest BCUT2D eigenvalue weighted by molar-refractivity contribution is 0.402. The smallest absolute Gasteiger partial charge is 0.192 e. The minimum atomic E-state index is 0. The van der Waals surface area contributed by atoms with Crippen LogP contribution in [0.25, 0.3) is 0 Å². The van der Waals surface area contributed by atoms with Crippen molar-refractivity contribution >= 4 is 35.6 Å². The lowest BCUT2D eigenvalue weighted by Crippen LogP contribution is -2.53. The number of nitrogens with one attached hydrogen (secondary N) is 2. The Morgan fingerprint density at radius 3 is 2.48 bits per heavy atom. The van der Waals surface area contributed by atoms with Crippen molar-refractivity contribution < 1.29 is 0 Å². The van der Waals surface area contributed by atoms with Crippen molar-refractivity contribution in [2.24, 2.45) is 19.1 Å². The van der Waals surface area contributed by atoms with E-state index in [1.165, 1.54) is 37.8 Å². The second-order valence-corrected chi connectivity index (χ2v) is 8.67. The molecule has 1 atom stereocenters. The molecule has 0 bridgehead atoms. The molecule has 0 aromatic carbocycles. The van der Waals surface area contributed by atoms with Crippen LogP contribution in [0.15, 0.2) is 17.4 Å². The van der Waals surface area contributed by atoms with Crippen LogP contribution < -0.4 is 15.5 Å². The van der Waals surface area contributed by atoms with Gasteiger partial charge < -0.3 is 20.1 Å². The third-order valence-corrected chi connectivity index (χ3v) is 6.33. The number of piperidine rings is 1. The van der Waals surface area contributed by atoms with Crippen molar-refractivity contribution in [1.82, 2.24) is 35.2 Å². The highest BCUT2D eigenvalue weighted by Crippen LogP contribution is 2.20. The summed E-state index contributed by atoms with van der Waals surface area (Å²) in [7, 11) is 3.96. The second kappa shape index (κ2) is 11.1. The van der Waals surface area contributed by atoms with Crippen LogP contribution in [0.1, 0.15) is 56.6 Å². The fourth-order valence-corrected chi connectivity index (χ4v) is 4.41. The van der Waals surface area contributed by atoms with E-state index in [2.05, 4.69) is 37.0 Å². The van der Waals surface area contributed by atoms with Crippen LogP contribution in [0, 0.1) is 6.92 Å². The summed E-state index contributed by atoms with van der Waals surface area (Å²) in [4.78, 5) is 7.31. The van der Waals surface area contributed by atoms with Crippen LogP contribution in [-0.4, -0.2) is 55.7 Å². The monoisotopic (exact) mass is 541 g/mol. The van der Waals surface area contributed by atoms with Gasteiger partial charge in [0, 0.05) is 45.5 Å². The first-order valence-corrected chi connectivity index (χ1v) is 11.2. The molecule has 0 amide bonds. The van der Waals surface area contributed by atoms with Crippen LogP contribution in [0.5, 0.6) is 0 Å². The Hall–Kier alpha value is -1.85. The number of rotatable bonds is 5. The molecule has 1 aliphatic carbocycles. The van der Waals surface area contributed by atoms with Gasteiger partial charge in [0.1, 0.15) is 12.4 Å². The molecule has 1 saturated carbocycles. The molecule has 10 heteroatoms. The van der Waals surface area contributed by atoms with Crippen LogP contribution in [-0.2, 0) is 20.6 Å². The zero-order valence-electron chi connectivity index (χ0n) is 18.9. The van der Waals surface area contributed by atoms with E-state index in [1.807, 2.05) is 36.5 Å². The van der Waals surface area contributed by atoms with E-state index in [0.29, 0.717) is 18.6 Å². The minimum absolute atomic E-state index is 0. The molecule has 9 nitrogen and oxygen atoms in total. The lowest BCUT2D eigenvalue weighted by Gasteiger charge is -2.35. The number of hydrogen-bond acceptors (Lipinski definition) is 5. The molecule has 0 radical (unpaired) electrons. The van der Waals surface area contributed by atoms with E-state index < -0.39 is 0 Å². The largest absolute Gasteiger partial charge is 0.367 e. The number of nitrogens with zero attached hydrogens (tertiary/aromatic N) is 7. The molecular formula is C21H36IN9. The summed E-state index contributed by atoms with van der Waals surface area (Å²) in [6, 6.07) is 0.860. The van der Waals surface area contributed by atoms with Gasteiger partial charge in [-0.05, 0) is 32.6 Å². The first kappa shape index (κ1) is 23.8. The third kappa shape index (κ3) is 6.33. The normalized spacial score (nSPS) is 20.4. The topological polar surface area (TPSA) is 88.2 Å². The maximum Gasteiger partial charge on any atom is 0.192 e. The zero-order chi connectivity index (χ0) is 20.9. The fourth-order valence-electron chi connectivity index (χ4n) is 4.41. The second-order valence-electron chi connectivity index (χ2n) is 8.67. The quantitative estimate of drug-likeness (QED) is 0.344. The predicted molar refractivity (Wildman–Crippen MR) is 134 cm³/mol. The van der Waals surface area contributed by atoms with Crippen molar-refractivity contribution in [2.45, 2.75) is 70.5 Å². The van der Waals surface area contributed by atoms with Gasteiger partial charge in [0.15, 0.2) is 11.8 Å². The van der Waals surface area contributed by atoms with Crippen molar-refractivity contribution in [2.75, 3.05) is 18.0 Å². The van der Waals surface area contributed by atoms with E-state index in [4.69, 9.17) is 4.99 Å². The molecule has 1 unspecified atom stereocenters. The zero-order valence-corrected chi connectivity index (χ0v) is 21.2. The minimum Gasteiger partial charge on any atom is -0.367 e. The predicted octanol–water partition coefficient (Wildman–Crippen LogP) is 2.51. The van der Waals surface area contributed by atoms with Gasteiger partial charge in [-0.3, -0.25) is 4.68 Å². The fraction of sp³-hybridized carbons (Fsp3) is 0.714. The van der Waals surface area contributed by atoms with Crippen molar-refractivity contribution in [1.29, 1.82) is 0 Å². The molecule has 1 saturated heterocycles. The maximum absolute atomic E-state index is 4.89. The van der Waals surface area contributed by atoms with Crippen molar-refractivity contribution in [3.05, 3.63) is 24.0 Å². The molecule has 1 aliphatic heterocycles. The van der Waals surface area contributed by atoms with Gasteiger partial charge in [0.05, 0.1) is 11.9 Å². The average molecular weight is 541 g/mol. The first-order valence-electron chi connectivity index (χ1n) is 11.2. The summed E-state index contributed by atoms with van der Waals surface area (Å²) in [6.07, 6.45) is 12.7. The van der Waals surface area contributed by atoms with Crippen molar-refractivity contribution in [3.63, 3.8) is 0 Å². The molecule has 2 fully saturated rings. The molecule has 2 aromatic heterocycles. The molecule has 2 N–H and O–H groups in total. The summed E-state index contributed by atoms with van der Waals surface area (Å²) in [5.74, 6) is 2.70. The number of guanidine groups is 1. The summed E-state index contributed by atoms with van der Waals surface area (Å²) in [5.41, 5.74) is 1.19. The van der Waals surface area contributed by atoms with Crippen LogP contribution in [0.2, 0.25) is 0 Å². The maximum atomic E-state index is 4.89. The van der Waals surface area contributed by atoms with Gasteiger partial charge in [0.2, 0.25) is 0 Å². The van der Waals surface area contributed by atoms with Crippen LogP contribution in [0.3, 0.4) is 0 Å². The Balaban J connectivity index is 0.00000272. The summed E-state index contributed by atoms with van der Waals surface area (Å²) in [6.45, 7) is 4.53. The van der Waals surface area contributed by atoms with Gasteiger partial charge >= 0.3 is 0 Å². The molecule has 2 aromatic rings. The SMILES string of the molecule is Cc1nnc(CN=C(NC2CCCCC2)NC2CCCN(c3cnn(C)c3)C2)n1C.I. The Labute approximate surface area is 202 Å². The molecule has 0 spiro atoms. The lowest BCUT2D eigenvalue weighted by atomic mass is 9.96. The number of aromatic nitrogens is 5. The summed E-state index contributed by atoms with van der Waals surface area (Å²) >= 11 is 0. The first-order chi connectivity index (χ1) is 14.6. The number of aryl methyl sites for hydroxylation is 2. The summed E-state index contributed by atoms with van der Waals surface area (Å²) < 4.78 is 3.87. The Morgan fingerprint density at radius 2 is 1.81 bits per heavy atom. The van der Waals surface area contributed by atoms with Gasteiger partial charge in [0.25, 0.3) is 0 Å². The van der Waals surface area contributed by atoms with E-state index in [1.54, 1.807) is 0 Å². The highest BCUT2D eigenvalue weighted by molar-refractivity contribution is 14.0. The molecule has 4 rings (SSSR count). The van der Waals surface area contributed by atoms with Gasteiger partial charge in [-0.1, -0.05) is 19.3 Å². The number of anilines is 1. The van der Waals surface area contributed by atoms with Crippen molar-refractivity contribution in [3.8, 4) is 0 Å². The number of halogens is 1. The standard InChI is InChI=1S/C21H35N9.HI/c1-16-26-27-20(29(16)3)13-22-21(24-17-8-5-4-6-9-17)25-18-10-7-11-30(14-18)19-12-23-28(2)15-19;/h12,15,17-18H,4-11,13-14H2,1-3H3,(H2,22,24,25);1H. The number of hydrogen-bond donors (Lipinski definition) is 2. The van der Waals surface area contributed by atoms with Crippen LogP contribution in [0.4, 0.5) is 5.69 Å². The number of aliphatic imine (C=N–C) groups is 1. The average Bonchev–Trinajstić information content (AvgIpc) is 3.33. The Kier molecular flexibility index (Phi) is 8.56. The van der Waals surface area contributed by atoms with E-state index in [-0.39, 0.29) is 24.0 Å². The molecular weight excluding hydrogens is 505 g/mol. The van der Waals surface area contributed by atoms with E-state index >= 15 is 0 Å². The highest BCUT2D eigenvalue weighted by atomic mass is 127. The Morgan fingerprint density at radius 1 is 1.06 bits per heavy atom. The van der Waals surface area contributed by atoms with Gasteiger partial charge in [-0.15, -0.1) is 34.2 Å². The van der Waals surface area contributed by atoms with Gasteiger partial charge in [-0.2, -0.15) is 5.10 Å². The van der Waals surface area contributed by atoms with Crippen LogP contribution >= 0.6 is 24.0 Å². The third-order valence-electron chi connectivity index (χ3n) is 6.33. The molecule has 172 valence electrons. The highest BCUT2D eigenvalue weighted by Gasteiger charge is 2.23. The molecule has 2 aliphatic rings.